The van der Waals surface area contributed by atoms with Gasteiger partial charge in [-0.15, -0.1) is 5.10 Å². The number of likely N-dealkylation sites (N-methyl/N-ethyl adjacent to an activating group) is 1. The molecule has 0 aliphatic rings. The van der Waals surface area contributed by atoms with Crippen LogP contribution in [0.3, 0.4) is 0 Å². The van der Waals surface area contributed by atoms with E-state index in [2.05, 4.69) is 10.6 Å². The van der Waals surface area contributed by atoms with E-state index in [9.17, 15) is 9.18 Å². The fraction of sp³-hybridized carbons (Fsp3) is 0.292. The van der Waals surface area contributed by atoms with Crippen molar-refractivity contribution in [3.8, 4) is 11.3 Å². The zero-order valence-corrected chi connectivity index (χ0v) is 19.9. The number of benzene rings is 2. The summed E-state index contributed by atoms with van der Waals surface area (Å²) in [4.78, 5) is 19.6. The first-order valence-electron chi connectivity index (χ1n) is 10.6. The lowest BCUT2D eigenvalue weighted by atomic mass is 10.1. The van der Waals surface area contributed by atoms with Crippen molar-refractivity contribution in [1.29, 1.82) is 0 Å². The first kappa shape index (κ1) is 22.7. The Balaban J connectivity index is 1.56. The van der Waals surface area contributed by atoms with Crippen LogP contribution in [0.15, 0.2) is 54.6 Å². The largest absolute Gasteiger partial charge is 0.364 e. The monoisotopic (exact) mass is 466 g/mol. The van der Waals surface area contributed by atoms with Crippen molar-refractivity contribution in [3.05, 3.63) is 66.0 Å². The molecule has 2 heterocycles. The molecule has 1 amide bonds. The van der Waals surface area contributed by atoms with Crippen LogP contribution in [-0.2, 0) is 11.3 Å². The first-order chi connectivity index (χ1) is 15.7. The fourth-order valence-corrected chi connectivity index (χ4v) is 4.19. The van der Waals surface area contributed by atoms with Crippen molar-refractivity contribution in [3.63, 3.8) is 0 Å². The lowest BCUT2D eigenvalue weighted by Crippen LogP contribution is -2.34. The van der Waals surface area contributed by atoms with Gasteiger partial charge in [0.15, 0.2) is 5.82 Å². The number of anilines is 2. The molecule has 2 aromatic heterocycles. The third-order valence-electron chi connectivity index (χ3n) is 4.82. The minimum atomic E-state index is -0.319. The summed E-state index contributed by atoms with van der Waals surface area (Å²) >= 11 is 1.37. The lowest BCUT2D eigenvalue weighted by molar-refractivity contribution is -0.119. The number of carbonyl (C=O) groups is 1. The minimum Gasteiger partial charge on any atom is -0.364 e. The second-order valence-corrected chi connectivity index (χ2v) is 9.83. The van der Waals surface area contributed by atoms with Gasteiger partial charge in [-0.1, -0.05) is 53.8 Å². The van der Waals surface area contributed by atoms with E-state index in [-0.39, 0.29) is 23.8 Å². The SMILES string of the molecule is CN(CC(=O)NCc1ccccc1)c1nn2c(NC(C)(C)C)c(-c3cccc(F)c3)nc2s1. The van der Waals surface area contributed by atoms with E-state index in [4.69, 9.17) is 10.1 Å². The maximum atomic E-state index is 13.9. The van der Waals surface area contributed by atoms with Gasteiger partial charge in [-0.25, -0.2) is 9.37 Å². The van der Waals surface area contributed by atoms with Crippen molar-refractivity contribution < 1.29 is 9.18 Å². The number of fused-ring (bicyclic) bond motifs is 1. The Labute approximate surface area is 196 Å². The topological polar surface area (TPSA) is 74.6 Å². The van der Waals surface area contributed by atoms with Gasteiger partial charge in [-0.3, -0.25) is 4.79 Å². The van der Waals surface area contributed by atoms with E-state index in [0.717, 1.165) is 5.56 Å². The summed E-state index contributed by atoms with van der Waals surface area (Å²) < 4.78 is 15.6. The first-order valence-corrected chi connectivity index (χ1v) is 11.5. The summed E-state index contributed by atoms with van der Waals surface area (Å²) in [6.45, 7) is 6.77. The maximum absolute atomic E-state index is 13.9. The van der Waals surface area contributed by atoms with Crippen LogP contribution in [0.2, 0.25) is 0 Å². The Morgan fingerprint density at radius 1 is 1.15 bits per heavy atom. The molecule has 4 aromatic rings. The predicted molar refractivity (Wildman–Crippen MR) is 131 cm³/mol. The van der Waals surface area contributed by atoms with Crippen molar-refractivity contribution in [1.82, 2.24) is 19.9 Å². The molecule has 0 saturated carbocycles. The number of aromatic nitrogens is 3. The van der Waals surface area contributed by atoms with Crippen molar-refractivity contribution in [2.45, 2.75) is 32.9 Å². The molecular formula is C24H27FN6OS. The van der Waals surface area contributed by atoms with Gasteiger partial charge in [0.05, 0.1) is 6.54 Å². The van der Waals surface area contributed by atoms with E-state index in [1.165, 1.54) is 23.5 Å². The molecule has 0 bridgehead atoms. The van der Waals surface area contributed by atoms with E-state index in [1.54, 1.807) is 15.5 Å². The Morgan fingerprint density at radius 3 is 2.61 bits per heavy atom. The molecule has 0 unspecified atom stereocenters. The molecule has 0 aliphatic heterocycles. The predicted octanol–water partition coefficient (Wildman–Crippen LogP) is 4.56. The Kier molecular flexibility index (Phi) is 6.33. The minimum absolute atomic E-state index is 0.0947. The highest BCUT2D eigenvalue weighted by atomic mass is 32.1. The lowest BCUT2D eigenvalue weighted by Gasteiger charge is -2.22. The van der Waals surface area contributed by atoms with Crippen LogP contribution in [0.4, 0.5) is 15.3 Å². The number of imidazole rings is 1. The molecule has 7 nitrogen and oxygen atoms in total. The van der Waals surface area contributed by atoms with Crippen LogP contribution >= 0.6 is 11.3 Å². The number of halogens is 1. The normalized spacial score (nSPS) is 11.5. The van der Waals surface area contributed by atoms with Crippen LogP contribution in [0.5, 0.6) is 0 Å². The molecule has 0 radical (unpaired) electrons. The molecule has 9 heteroatoms. The average molecular weight is 467 g/mol. The van der Waals surface area contributed by atoms with Crippen LogP contribution in [0.25, 0.3) is 16.2 Å². The number of amides is 1. The van der Waals surface area contributed by atoms with Gasteiger partial charge in [-0.05, 0) is 38.5 Å². The van der Waals surface area contributed by atoms with E-state index >= 15 is 0 Å². The molecular weight excluding hydrogens is 439 g/mol. The third-order valence-corrected chi connectivity index (χ3v) is 5.85. The van der Waals surface area contributed by atoms with Crippen molar-refractivity contribution >= 4 is 33.2 Å². The van der Waals surface area contributed by atoms with Gasteiger partial charge in [-0.2, -0.15) is 4.52 Å². The Hall–Kier alpha value is -3.46. The summed E-state index contributed by atoms with van der Waals surface area (Å²) in [6, 6.07) is 16.1. The number of hydrogen-bond donors (Lipinski definition) is 2. The quantitative estimate of drug-likeness (QED) is 0.418. The molecule has 0 spiro atoms. The molecule has 0 aliphatic carbocycles. The van der Waals surface area contributed by atoms with Gasteiger partial charge in [0.2, 0.25) is 16.0 Å². The van der Waals surface area contributed by atoms with Crippen molar-refractivity contribution in [2.75, 3.05) is 23.8 Å². The highest BCUT2D eigenvalue weighted by Gasteiger charge is 2.23. The van der Waals surface area contributed by atoms with Gasteiger partial charge in [0.1, 0.15) is 11.5 Å². The molecule has 4 rings (SSSR count). The Morgan fingerprint density at radius 2 is 1.91 bits per heavy atom. The number of rotatable bonds is 7. The molecule has 0 saturated heterocycles. The van der Waals surface area contributed by atoms with Gasteiger partial charge < -0.3 is 15.5 Å². The zero-order chi connectivity index (χ0) is 23.6. The van der Waals surface area contributed by atoms with Gasteiger partial charge in [0.25, 0.3) is 0 Å². The van der Waals surface area contributed by atoms with Crippen LogP contribution in [0, 0.1) is 5.82 Å². The highest BCUT2D eigenvalue weighted by Crippen LogP contribution is 2.34. The van der Waals surface area contributed by atoms with Gasteiger partial charge >= 0.3 is 0 Å². The molecule has 33 heavy (non-hydrogen) atoms. The molecule has 0 atom stereocenters. The van der Waals surface area contributed by atoms with Crippen LogP contribution in [0.1, 0.15) is 26.3 Å². The number of nitrogens with zero attached hydrogens (tertiary/aromatic N) is 4. The maximum Gasteiger partial charge on any atom is 0.239 e. The molecule has 2 N–H and O–H groups in total. The third kappa shape index (κ3) is 5.48. The van der Waals surface area contributed by atoms with Gasteiger partial charge in [0, 0.05) is 24.7 Å². The van der Waals surface area contributed by atoms with E-state index in [0.29, 0.717) is 33.7 Å². The highest BCUT2D eigenvalue weighted by molar-refractivity contribution is 7.20. The summed E-state index contributed by atoms with van der Waals surface area (Å²) in [5.41, 5.74) is 2.10. The average Bonchev–Trinajstić information content (AvgIpc) is 3.31. The zero-order valence-electron chi connectivity index (χ0n) is 19.1. The number of hydrogen-bond acceptors (Lipinski definition) is 6. The fourth-order valence-electron chi connectivity index (χ4n) is 3.33. The molecule has 0 fully saturated rings. The van der Waals surface area contributed by atoms with Crippen molar-refractivity contribution in [2.24, 2.45) is 0 Å². The Bertz CT molecular complexity index is 1260. The second-order valence-electron chi connectivity index (χ2n) is 8.89. The number of carbonyl (C=O) groups excluding carboxylic acids is 1. The molecule has 2 aromatic carbocycles. The van der Waals surface area contributed by atoms with E-state index in [1.807, 2.05) is 64.2 Å². The van der Waals surface area contributed by atoms with Crippen LogP contribution < -0.4 is 15.5 Å². The van der Waals surface area contributed by atoms with Crippen LogP contribution in [-0.4, -0.2) is 39.6 Å². The molecule has 172 valence electrons. The smallest absolute Gasteiger partial charge is 0.239 e. The summed E-state index contributed by atoms with van der Waals surface area (Å²) in [5, 5.41) is 11.7. The summed E-state index contributed by atoms with van der Waals surface area (Å²) in [5.74, 6) is 0.274. The standard InChI is InChI=1S/C24H27FN6OS/c1-24(2,3)28-21-20(17-11-8-12-18(25)13-17)27-22-31(21)29-23(33-22)30(4)15-19(32)26-14-16-9-6-5-7-10-16/h5-13,28H,14-15H2,1-4H3,(H,26,32). The van der Waals surface area contributed by atoms with E-state index < -0.39 is 0 Å². The second kappa shape index (κ2) is 9.19. The summed E-state index contributed by atoms with van der Waals surface area (Å²) in [7, 11) is 1.82. The summed E-state index contributed by atoms with van der Waals surface area (Å²) in [6.07, 6.45) is 0. The number of nitrogens with one attached hydrogen (secondary N) is 2.